The Morgan fingerprint density at radius 2 is 1.65 bits per heavy atom. The van der Waals surface area contributed by atoms with Crippen LogP contribution in [0.4, 0.5) is 0 Å². The van der Waals surface area contributed by atoms with Crippen molar-refractivity contribution < 1.29 is 4.79 Å². The lowest BCUT2D eigenvalue weighted by molar-refractivity contribution is 0.0934. The molecule has 0 spiro atoms. The summed E-state index contributed by atoms with van der Waals surface area (Å²) in [7, 11) is 1.55. The van der Waals surface area contributed by atoms with Crippen molar-refractivity contribution in [1.29, 1.82) is 0 Å². The second-order valence-corrected chi connectivity index (χ2v) is 5.43. The number of nitrogens with zero attached hydrogens (tertiary/aromatic N) is 2. The molecule has 116 valence electrons. The van der Waals surface area contributed by atoms with Crippen LogP contribution in [0.25, 0.3) is 10.8 Å². The number of hydrogen-bond acceptors (Lipinski definition) is 3. The van der Waals surface area contributed by atoms with Gasteiger partial charge < -0.3 is 5.32 Å². The number of aryl methyl sites for hydroxylation is 1. The minimum atomic E-state index is -0.298. The van der Waals surface area contributed by atoms with Crippen molar-refractivity contribution >= 4 is 16.7 Å². The van der Waals surface area contributed by atoms with Crippen LogP contribution in [0.1, 0.15) is 29.0 Å². The smallest absolute Gasteiger partial charge is 0.274 e. The van der Waals surface area contributed by atoms with Crippen molar-refractivity contribution in [2.24, 2.45) is 7.05 Å². The normalized spacial score (nSPS) is 12.1. The first-order valence-electron chi connectivity index (χ1n) is 7.40. The molecule has 1 atom stereocenters. The van der Waals surface area contributed by atoms with Crippen LogP contribution >= 0.6 is 0 Å². The molecule has 1 amide bonds. The SMILES string of the molecule is C[C@H](NC(=O)c1nn(C)c(=O)c2ccccc12)c1ccccc1. The van der Waals surface area contributed by atoms with E-state index in [2.05, 4.69) is 10.4 Å². The second kappa shape index (κ2) is 6.04. The van der Waals surface area contributed by atoms with Crippen LogP contribution in [0.2, 0.25) is 0 Å². The van der Waals surface area contributed by atoms with Gasteiger partial charge in [0, 0.05) is 12.4 Å². The largest absolute Gasteiger partial charge is 0.344 e. The zero-order valence-electron chi connectivity index (χ0n) is 13.0. The summed E-state index contributed by atoms with van der Waals surface area (Å²) in [4.78, 5) is 24.7. The van der Waals surface area contributed by atoms with E-state index in [0.29, 0.717) is 10.8 Å². The molecule has 0 unspecified atom stereocenters. The van der Waals surface area contributed by atoms with Gasteiger partial charge in [-0.15, -0.1) is 0 Å². The molecular weight excluding hydrogens is 290 g/mol. The molecule has 23 heavy (non-hydrogen) atoms. The number of amides is 1. The summed E-state index contributed by atoms with van der Waals surface area (Å²) in [6.07, 6.45) is 0. The third-order valence-corrected chi connectivity index (χ3v) is 3.82. The van der Waals surface area contributed by atoms with Gasteiger partial charge in [0.25, 0.3) is 11.5 Å². The average Bonchev–Trinajstić information content (AvgIpc) is 2.58. The molecule has 0 saturated heterocycles. The Morgan fingerprint density at radius 3 is 2.35 bits per heavy atom. The minimum Gasteiger partial charge on any atom is -0.344 e. The number of hydrogen-bond donors (Lipinski definition) is 1. The Kier molecular flexibility index (Phi) is 3.93. The van der Waals surface area contributed by atoms with Crippen molar-refractivity contribution in [2.45, 2.75) is 13.0 Å². The Morgan fingerprint density at radius 1 is 1.04 bits per heavy atom. The van der Waals surface area contributed by atoms with Gasteiger partial charge in [0.15, 0.2) is 5.69 Å². The maximum atomic E-state index is 12.6. The molecule has 0 aliphatic heterocycles. The van der Waals surface area contributed by atoms with E-state index in [1.165, 1.54) is 4.68 Å². The standard InChI is InChI=1S/C18H17N3O2/c1-12(13-8-4-3-5-9-13)19-17(22)16-14-10-6-7-11-15(14)18(23)21(2)20-16/h3-12H,1-2H3,(H,19,22)/t12-/m0/s1. The van der Waals surface area contributed by atoms with E-state index in [-0.39, 0.29) is 23.2 Å². The maximum Gasteiger partial charge on any atom is 0.274 e. The Hall–Kier alpha value is -2.95. The van der Waals surface area contributed by atoms with Crippen LogP contribution in [0.3, 0.4) is 0 Å². The second-order valence-electron chi connectivity index (χ2n) is 5.43. The molecule has 1 aromatic heterocycles. The number of carbonyl (C=O) groups excluding carboxylic acids is 1. The van der Waals surface area contributed by atoms with E-state index in [4.69, 9.17) is 0 Å². The first-order valence-corrected chi connectivity index (χ1v) is 7.40. The number of fused-ring (bicyclic) bond motifs is 1. The molecule has 0 saturated carbocycles. The predicted octanol–water partition coefficient (Wildman–Crippen LogP) is 2.42. The van der Waals surface area contributed by atoms with Gasteiger partial charge in [0.05, 0.1) is 11.4 Å². The molecule has 0 aliphatic rings. The fourth-order valence-corrected chi connectivity index (χ4v) is 2.56. The molecule has 0 fully saturated rings. The Labute approximate surface area is 133 Å². The average molecular weight is 307 g/mol. The Balaban J connectivity index is 1.99. The van der Waals surface area contributed by atoms with Crippen LogP contribution in [-0.4, -0.2) is 15.7 Å². The van der Waals surface area contributed by atoms with Crippen molar-refractivity contribution in [2.75, 3.05) is 0 Å². The van der Waals surface area contributed by atoms with Gasteiger partial charge in [0.2, 0.25) is 0 Å². The highest BCUT2D eigenvalue weighted by molar-refractivity contribution is 6.04. The molecular formula is C18H17N3O2. The molecule has 5 nitrogen and oxygen atoms in total. The first-order chi connectivity index (χ1) is 11.1. The van der Waals surface area contributed by atoms with E-state index >= 15 is 0 Å². The molecule has 0 aliphatic carbocycles. The molecule has 2 aromatic carbocycles. The molecule has 3 aromatic rings. The predicted molar refractivity (Wildman–Crippen MR) is 89.3 cm³/mol. The summed E-state index contributed by atoms with van der Waals surface area (Å²) in [6.45, 7) is 1.91. The van der Waals surface area contributed by atoms with Gasteiger partial charge >= 0.3 is 0 Å². The number of nitrogens with one attached hydrogen (secondary N) is 1. The number of rotatable bonds is 3. The summed E-state index contributed by atoms with van der Waals surface area (Å²) in [5, 5.41) is 8.13. The highest BCUT2D eigenvalue weighted by Crippen LogP contribution is 2.16. The monoisotopic (exact) mass is 307 g/mol. The summed E-state index contributed by atoms with van der Waals surface area (Å²) in [6, 6.07) is 16.6. The lowest BCUT2D eigenvalue weighted by atomic mass is 10.1. The van der Waals surface area contributed by atoms with Crippen molar-refractivity contribution in [3.05, 3.63) is 76.2 Å². The molecule has 3 rings (SSSR count). The zero-order chi connectivity index (χ0) is 16.4. The number of carbonyl (C=O) groups is 1. The summed E-state index contributed by atoms with van der Waals surface area (Å²) < 4.78 is 1.20. The maximum absolute atomic E-state index is 12.6. The van der Waals surface area contributed by atoms with Gasteiger partial charge in [-0.05, 0) is 18.6 Å². The summed E-state index contributed by atoms with van der Waals surface area (Å²) in [5.41, 5.74) is 1.05. The third-order valence-electron chi connectivity index (χ3n) is 3.82. The molecule has 0 radical (unpaired) electrons. The summed E-state index contributed by atoms with van der Waals surface area (Å²) in [5.74, 6) is -0.298. The van der Waals surface area contributed by atoms with Crippen LogP contribution in [0.5, 0.6) is 0 Å². The molecule has 5 heteroatoms. The van der Waals surface area contributed by atoms with Gasteiger partial charge in [-0.2, -0.15) is 5.10 Å². The number of benzene rings is 2. The summed E-state index contributed by atoms with van der Waals surface area (Å²) >= 11 is 0. The van der Waals surface area contributed by atoms with Crippen LogP contribution in [-0.2, 0) is 7.05 Å². The van der Waals surface area contributed by atoms with Gasteiger partial charge in [-0.25, -0.2) is 4.68 Å². The zero-order valence-corrected chi connectivity index (χ0v) is 13.0. The van der Waals surface area contributed by atoms with E-state index in [9.17, 15) is 9.59 Å². The topological polar surface area (TPSA) is 64.0 Å². The van der Waals surface area contributed by atoms with Gasteiger partial charge in [-0.3, -0.25) is 9.59 Å². The van der Waals surface area contributed by atoms with E-state index in [1.54, 1.807) is 31.3 Å². The Bertz CT molecular complexity index is 916. The van der Waals surface area contributed by atoms with Crippen molar-refractivity contribution in [3.8, 4) is 0 Å². The van der Waals surface area contributed by atoms with E-state index in [1.807, 2.05) is 37.3 Å². The molecule has 0 bridgehead atoms. The first kappa shape index (κ1) is 15.0. The minimum absolute atomic E-state index is 0.151. The quantitative estimate of drug-likeness (QED) is 0.808. The van der Waals surface area contributed by atoms with Crippen molar-refractivity contribution in [1.82, 2.24) is 15.1 Å². The van der Waals surface area contributed by atoms with E-state index < -0.39 is 0 Å². The third kappa shape index (κ3) is 2.85. The lowest BCUT2D eigenvalue weighted by Gasteiger charge is -2.15. The van der Waals surface area contributed by atoms with Crippen molar-refractivity contribution in [3.63, 3.8) is 0 Å². The van der Waals surface area contributed by atoms with Crippen LogP contribution in [0, 0.1) is 0 Å². The highest BCUT2D eigenvalue weighted by atomic mass is 16.2. The van der Waals surface area contributed by atoms with Gasteiger partial charge in [-0.1, -0.05) is 48.5 Å². The fourth-order valence-electron chi connectivity index (χ4n) is 2.56. The lowest BCUT2D eigenvalue weighted by Crippen LogP contribution is -2.31. The number of aromatic nitrogens is 2. The van der Waals surface area contributed by atoms with Crippen LogP contribution < -0.4 is 10.9 Å². The van der Waals surface area contributed by atoms with Crippen LogP contribution in [0.15, 0.2) is 59.4 Å². The highest BCUT2D eigenvalue weighted by Gasteiger charge is 2.17. The fraction of sp³-hybridized carbons (Fsp3) is 0.167. The van der Waals surface area contributed by atoms with Gasteiger partial charge in [0.1, 0.15) is 0 Å². The van der Waals surface area contributed by atoms with E-state index in [0.717, 1.165) is 5.56 Å². The molecule has 1 N–H and O–H groups in total. The molecule has 1 heterocycles.